The minimum Gasteiger partial charge on any atom is -0.381 e. The molecule has 0 radical (unpaired) electrons. The quantitative estimate of drug-likeness (QED) is 0.347. The third-order valence-corrected chi connectivity index (χ3v) is 5.00. The Balaban J connectivity index is 0.00000364. The molecule has 0 bridgehead atoms. The molecular formula is C20H33FIN3O2. The van der Waals surface area contributed by atoms with Gasteiger partial charge in [0.25, 0.3) is 0 Å². The molecule has 27 heavy (non-hydrogen) atoms. The summed E-state index contributed by atoms with van der Waals surface area (Å²) in [6.07, 6.45) is 1.71. The third-order valence-electron chi connectivity index (χ3n) is 5.00. The Bertz CT molecular complexity index is 605. The Morgan fingerprint density at radius 3 is 2.59 bits per heavy atom. The molecule has 0 saturated carbocycles. The van der Waals surface area contributed by atoms with Crippen molar-refractivity contribution in [2.45, 2.75) is 44.6 Å². The van der Waals surface area contributed by atoms with Crippen molar-refractivity contribution in [2.24, 2.45) is 4.99 Å². The maximum atomic E-state index is 13.8. The molecule has 1 aliphatic heterocycles. The van der Waals surface area contributed by atoms with Crippen LogP contribution in [0.3, 0.4) is 0 Å². The first kappa shape index (κ1) is 24.1. The van der Waals surface area contributed by atoms with E-state index in [1.807, 2.05) is 26.8 Å². The summed E-state index contributed by atoms with van der Waals surface area (Å²) < 4.78 is 24.8. The number of hydrogen-bond acceptors (Lipinski definition) is 3. The van der Waals surface area contributed by atoms with Crippen LogP contribution >= 0.6 is 24.0 Å². The van der Waals surface area contributed by atoms with Crippen LogP contribution in [-0.4, -0.2) is 51.5 Å². The molecule has 1 aromatic rings. The van der Waals surface area contributed by atoms with Gasteiger partial charge in [-0.1, -0.05) is 12.1 Å². The number of guanidine groups is 1. The molecule has 7 heteroatoms. The fraction of sp³-hybridized carbons (Fsp3) is 0.650. The molecule has 0 aliphatic carbocycles. The zero-order chi connectivity index (χ0) is 19.0. The average Bonchev–Trinajstić information content (AvgIpc) is 2.65. The van der Waals surface area contributed by atoms with Crippen LogP contribution in [-0.2, 0) is 14.9 Å². The van der Waals surface area contributed by atoms with E-state index >= 15 is 0 Å². The van der Waals surface area contributed by atoms with Crippen LogP contribution in [0, 0.1) is 5.82 Å². The largest absolute Gasteiger partial charge is 0.381 e. The van der Waals surface area contributed by atoms with Crippen LogP contribution in [0.25, 0.3) is 0 Å². The lowest BCUT2D eigenvalue weighted by atomic mass is 9.74. The molecule has 1 fully saturated rings. The van der Waals surface area contributed by atoms with E-state index in [0.29, 0.717) is 26.3 Å². The zero-order valence-corrected chi connectivity index (χ0v) is 19.1. The van der Waals surface area contributed by atoms with Crippen LogP contribution in [0.1, 0.15) is 39.2 Å². The van der Waals surface area contributed by atoms with E-state index in [9.17, 15) is 4.39 Å². The number of ether oxygens (including phenoxy) is 2. The third kappa shape index (κ3) is 7.19. The molecule has 1 aromatic carbocycles. The Morgan fingerprint density at radius 1 is 1.30 bits per heavy atom. The average molecular weight is 493 g/mol. The molecule has 0 spiro atoms. The minimum atomic E-state index is -0.318. The van der Waals surface area contributed by atoms with E-state index in [0.717, 1.165) is 30.9 Å². The monoisotopic (exact) mass is 493 g/mol. The fourth-order valence-corrected chi connectivity index (χ4v) is 3.08. The highest BCUT2D eigenvalue weighted by Gasteiger charge is 2.35. The molecule has 5 nitrogen and oxygen atoms in total. The van der Waals surface area contributed by atoms with Crippen molar-refractivity contribution >= 4 is 29.9 Å². The van der Waals surface area contributed by atoms with E-state index in [4.69, 9.17) is 9.47 Å². The highest BCUT2D eigenvalue weighted by Crippen LogP contribution is 2.34. The van der Waals surface area contributed by atoms with Gasteiger partial charge in [0.05, 0.1) is 12.1 Å². The summed E-state index contributed by atoms with van der Waals surface area (Å²) in [5.74, 6) is 0.552. The molecule has 0 unspecified atom stereocenters. The predicted molar refractivity (Wildman–Crippen MR) is 119 cm³/mol. The summed E-state index contributed by atoms with van der Waals surface area (Å²) in [6, 6.07) is 6.92. The van der Waals surface area contributed by atoms with Crippen molar-refractivity contribution in [1.82, 2.24) is 10.6 Å². The molecule has 0 atom stereocenters. The van der Waals surface area contributed by atoms with Crippen molar-refractivity contribution in [1.29, 1.82) is 0 Å². The summed E-state index contributed by atoms with van der Waals surface area (Å²) in [6.45, 7) is 9.42. The number of halogens is 2. The Kier molecular flexibility index (Phi) is 9.97. The standard InChI is InChI=1S/C20H32FN3O2.HI/c1-5-22-18(23-14-19(2,3)25-4)24-15-20(9-11-26-12-10-20)16-7-6-8-17(21)13-16;/h6-8,13H,5,9-12,14-15H2,1-4H3,(H2,22,23,24);1H. The van der Waals surface area contributed by atoms with Gasteiger partial charge >= 0.3 is 0 Å². The second-order valence-electron chi connectivity index (χ2n) is 7.42. The molecular weight excluding hydrogens is 460 g/mol. The molecule has 154 valence electrons. The smallest absolute Gasteiger partial charge is 0.191 e. The first-order valence-corrected chi connectivity index (χ1v) is 9.32. The van der Waals surface area contributed by atoms with Crippen LogP contribution in [0.5, 0.6) is 0 Å². The summed E-state index contributed by atoms with van der Waals surface area (Å²) in [4.78, 5) is 4.65. The van der Waals surface area contributed by atoms with Gasteiger partial charge in [-0.15, -0.1) is 24.0 Å². The fourth-order valence-electron chi connectivity index (χ4n) is 3.08. The summed E-state index contributed by atoms with van der Waals surface area (Å²) >= 11 is 0. The minimum absolute atomic E-state index is 0. The van der Waals surface area contributed by atoms with Gasteiger partial charge in [0.2, 0.25) is 0 Å². The normalized spacial score (nSPS) is 17.1. The van der Waals surface area contributed by atoms with Crippen molar-refractivity contribution in [3.05, 3.63) is 35.6 Å². The van der Waals surface area contributed by atoms with Gasteiger partial charge in [-0.2, -0.15) is 0 Å². The first-order chi connectivity index (χ1) is 12.4. The maximum absolute atomic E-state index is 13.8. The number of nitrogens with one attached hydrogen (secondary N) is 2. The van der Waals surface area contributed by atoms with E-state index in [1.165, 1.54) is 6.07 Å². The Labute approximate surface area is 179 Å². The van der Waals surface area contributed by atoms with Gasteiger partial charge in [-0.05, 0) is 51.3 Å². The maximum Gasteiger partial charge on any atom is 0.191 e. The lowest BCUT2D eigenvalue weighted by molar-refractivity contribution is 0.0310. The Hall–Kier alpha value is -0.930. The molecule has 1 aliphatic rings. The van der Waals surface area contributed by atoms with Gasteiger partial charge in [0.15, 0.2) is 5.96 Å². The van der Waals surface area contributed by atoms with Gasteiger partial charge in [0.1, 0.15) is 5.82 Å². The lowest BCUT2D eigenvalue weighted by Crippen LogP contribution is -2.48. The van der Waals surface area contributed by atoms with Crippen molar-refractivity contribution < 1.29 is 13.9 Å². The topological polar surface area (TPSA) is 54.9 Å². The zero-order valence-electron chi connectivity index (χ0n) is 16.8. The number of rotatable bonds is 7. The van der Waals surface area contributed by atoms with Gasteiger partial charge in [-0.25, -0.2) is 4.39 Å². The van der Waals surface area contributed by atoms with Gasteiger partial charge < -0.3 is 20.1 Å². The predicted octanol–water partition coefficient (Wildman–Crippen LogP) is 3.47. The molecule has 0 amide bonds. The second kappa shape index (κ2) is 11.2. The lowest BCUT2D eigenvalue weighted by Gasteiger charge is -2.38. The highest BCUT2D eigenvalue weighted by molar-refractivity contribution is 14.0. The SMILES string of the molecule is CCNC(=NCC(C)(C)OC)NCC1(c2cccc(F)c2)CCOCC1.I. The molecule has 2 rings (SSSR count). The van der Waals surface area contributed by atoms with Crippen LogP contribution < -0.4 is 10.6 Å². The highest BCUT2D eigenvalue weighted by atomic mass is 127. The van der Waals surface area contributed by atoms with Crippen molar-refractivity contribution in [3.63, 3.8) is 0 Å². The van der Waals surface area contributed by atoms with E-state index < -0.39 is 0 Å². The summed E-state index contributed by atoms with van der Waals surface area (Å²) in [7, 11) is 1.69. The van der Waals surface area contributed by atoms with E-state index in [1.54, 1.807) is 19.2 Å². The van der Waals surface area contributed by atoms with Crippen molar-refractivity contribution in [2.75, 3.05) is 40.0 Å². The number of nitrogens with zero attached hydrogens (tertiary/aromatic N) is 1. The van der Waals surface area contributed by atoms with E-state index in [2.05, 4.69) is 15.6 Å². The summed E-state index contributed by atoms with van der Waals surface area (Å²) in [5.41, 5.74) is 0.538. The first-order valence-electron chi connectivity index (χ1n) is 9.32. The molecule has 2 N–H and O–H groups in total. The van der Waals surface area contributed by atoms with Crippen molar-refractivity contribution in [3.8, 4) is 0 Å². The molecule has 1 heterocycles. The van der Waals surface area contributed by atoms with Gasteiger partial charge in [0, 0.05) is 38.8 Å². The van der Waals surface area contributed by atoms with Crippen LogP contribution in [0.4, 0.5) is 4.39 Å². The number of aliphatic imine (C=N–C) groups is 1. The van der Waals surface area contributed by atoms with Gasteiger partial charge in [-0.3, -0.25) is 4.99 Å². The number of methoxy groups -OCH3 is 1. The summed E-state index contributed by atoms with van der Waals surface area (Å²) in [5, 5.41) is 6.73. The van der Waals surface area contributed by atoms with E-state index in [-0.39, 0.29) is 40.8 Å². The number of benzene rings is 1. The Morgan fingerprint density at radius 2 is 2.00 bits per heavy atom. The van der Waals surface area contributed by atoms with Crippen LogP contribution in [0.15, 0.2) is 29.3 Å². The second-order valence-corrected chi connectivity index (χ2v) is 7.42. The van der Waals surface area contributed by atoms with Crippen LogP contribution in [0.2, 0.25) is 0 Å². The number of hydrogen-bond donors (Lipinski definition) is 2. The molecule has 1 saturated heterocycles. The molecule has 0 aromatic heterocycles.